The molecule has 1 aliphatic heterocycles. The maximum atomic E-state index is 14.0. The zero-order chi connectivity index (χ0) is 31.0. The molecule has 1 aromatic rings. The highest BCUT2D eigenvalue weighted by Gasteiger charge is 2.49. The quantitative estimate of drug-likeness (QED) is 0.329. The van der Waals surface area contributed by atoms with Crippen molar-refractivity contribution in [3.8, 4) is 11.5 Å². The maximum absolute atomic E-state index is 14.0. The van der Waals surface area contributed by atoms with Crippen LogP contribution in [0.1, 0.15) is 83.8 Å². The first-order valence-electron chi connectivity index (χ1n) is 14.4. The number of aliphatic carboxylic acids is 2. The Morgan fingerprint density at radius 1 is 0.952 bits per heavy atom. The summed E-state index contributed by atoms with van der Waals surface area (Å²) in [6, 6.07) is 3.61. The highest BCUT2D eigenvalue weighted by molar-refractivity contribution is 6.07. The molecule has 1 aromatic carbocycles. The van der Waals surface area contributed by atoms with E-state index in [9.17, 15) is 29.4 Å². The summed E-state index contributed by atoms with van der Waals surface area (Å²) in [5.41, 5.74) is 3.24. The van der Waals surface area contributed by atoms with Gasteiger partial charge in [-0.05, 0) is 48.6 Å². The minimum absolute atomic E-state index is 0.0646. The minimum atomic E-state index is -1.13. The Morgan fingerprint density at radius 3 is 2.00 bits per heavy atom. The van der Waals surface area contributed by atoms with Crippen LogP contribution in [0.3, 0.4) is 0 Å². The average molecular weight is 580 g/mol. The van der Waals surface area contributed by atoms with Crippen molar-refractivity contribution in [1.82, 2.24) is 4.90 Å². The molecule has 0 saturated heterocycles. The van der Waals surface area contributed by atoms with E-state index in [2.05, 4.69) is 6.58 Å². The second-order valence-corrected chi connectivity index (χ2v) is 12.9. The lowest BCUT2D eigenvalue weighted by Crippen LogP contribution is -2.45. The van der Waals surface area contributed by atoms with E-state index in [1.165, 1.54) is 0 Å². The third-order valence-corrected chi connectivity index (χ3v) is 8.06. The van der Waals surface area contributed by atoms with Gasteiger partial charge >= 0.3 is 11.9 Å². The van der Waals surface area contributed by atoms with E-state index in [0.717, 1.165) is 11.4 Å². The van der Waals surface area contributed by atoms with Crippen LogP contribution < -0.4 is 9.47 Å². The Balaban J connectivity index is 2.02. The summed E-state index contributed by atoms with van der Waals surface area (Å²) in [5.74, 6) is -2.25. The number of allylic oxidation sites excluding steroid dienone is 5. The second kappa shape index (κ2) is 11.8. The molecule has 9 nitrogen and oxygen atoms in total. The van der Waals surface area contributed by atoms with E-state index < -0.39 is 24.5 Å². The molecule has 0 radical (unpaired) electrons. The minimum Gasteiger partial charge on any atom is -0.490 e. The molecule has 3 aliphatic rings. The van der Waals surface area contributed by atoms with Gasteiger partial charge in [-0.15, -0.1) is 6.58 Å². The van der Waals surface area contributed by atoms with Crippen LogP contribution in [0.2, 0.25) is 0 Å². The number of carboxylic acid groups (broad SMARTS) is 2. The van der Waals surface area contributed by atoms with E-state index in [1.54, 1.807) is 12.1 Å². The molecule has 0 spiro atoms. The number of carbonyl (C=O) groups excluding carboxylic acids is 2. The number of carboxylic acids is 2. The van der Waals surface area contributed by atoms with Crippen molar-refractivity contribution in [2.24, 2.45) is 10.8 Å². The first kappa shape index (κ1) is 31.1. The number of hydrogen-bond donors (Lipinski definition) is 2. The third kappa shape index (κ3) is 6.30. The molecule has 42 heavy (non-hydrogen) atoms. The summed E-state index contributed by atoms with van der Waals surface area (Å²) in [7, 11) is 0. The average Bonchev–Trinajstić information content (AvgIpc) is 2.85. The number of benzene rings is 1. The fraction of sp³-hybridized carbons (Fsp3) is 0.515. The topological polar surface area (TPSA) is 130 Å². The number of hydrogen-bond acceptors (Lipinski definition) is 7. The third-order valence-electron chi connectivity index (χ3n) is 8.06. The van der Waals surface area contributed by atoms with E-state index in [0.29, 0.717) is 60.1 Å². The Morgan fingerprint density at radius 2 is 1.52 bits per heavy atom. The number of ketones is 2. The maximum Gasteiger partial charge on any atom is 0.341 e. The van der Waals surface area contributed by atoms with Crippen molar-refractivity contribution < 1.29 is 38.9 Å². The number of carbonyl (C=O) groups is 4. The lowest BCUT2D eigenvalue weighted by atomic mass is 9.63. The molecule has 4 rings (SSSR count). The van der Waals surface area contributed by atoms with Crippen molar-refractivity contribution in [3.05, 3.63) is 58.5 Å². The van der Waals surface area contributed by atoms with Crippen molar-refractivity contribution in [2.75, 3.05) is 19.8 Å². The molecular weight excluding hydrogens is 538 g/mol. The summed E-state index contributed by atoms with van der Waals surface area (Å²) < 4.78 is 11.6. The van der Waals surface area contributed by atoms with Crippen molar-refractivity contribution >= 4 is 23.5 Å². The van der Waals surface area contributed by atoms with Crippen LogP contribution >= 0.6 is 0 Å². The van der Waals surface area contributed by atoms with Gasteiger partial charge < -0.3 is 24.6 Å². The smallest absolute Gasteiger partial charge is 0.341 e. The van der Waals surface area contributed by atoms with Crippen LogP contribution in [-0.4, -0.2) is 58.4 Å². The first-order chi connectivity index (χ1) is 19.7. The fourth-order valence-electron chi connectivity index (χ4n) is 6.58. The number of rotatable bonds is 11. The molecule has 9 heteroatoms. The highest BCUT2D eigenvalue weighted by atomic mass is 16.5. The highest BCUT2D eigenvalue weighted by Crippen LogP contribution is 2.55. The summed E-state index contributed by atoms with van der Waals surface area (Å²) in [6.45, 7) is 13.7. The van der Waals surface area contributed by atoms with Crippen LogP contribution in [0, 0.1) is 10.8 Å². The number of ether oxygens (including phenoxy) is 2. The Kier molecular flexibility index (Phi) is 8.71. The molecule has 0 unspecified atom stereocenters. The summed E-state index contributed by atoms with van der Waals surface area (Å²) >= 11 is 0. The van der Waals surface area contributed by atoms with Gasteiger partial charge in [0.25, 0.3) is 0 Å². The largest absolute Gasteiger partial charge is 0.490 e. The summed E-state index contributed by atoms with van der Waals surface area (Å²) in [5, 5.41) is 18.8. The SMILES string of the molecule is C=CCc1cc(C2C3=C(CC(C)(C)CC3=O)N(CCC(=O)O)C3=C2C(=O)CC(C)(C)C3)cc(OCC)c1OCC(=O)O. The lowest BCUT2D eigenvalue weighted by Gasteiger charge is -2.49. The van der Waals surface area contributed by atoms with Gasteiger partial charge in [-0.3, -0.25) is 14.4 Å². The monoisotopic (exact) mass is 579 g/mol. The molecule has 226 valence electrons. The Bertz CT molecular complexity index is 1340. The van der Waals surface area contributed by atoms with E-state index >= 15 is 0 Å². The summed E-state index contributed by atoms with van der Waals surface area (Å²) in [4.78, 5) is 53.0. The van der Waals surface area contributed by atoms with Crippen LogP contribution in [-0.2, 0) is 25.6 Å². The molecular formula is C33H41NO8. The van der Waals surface area contributed by atoms with Crippen LogP contribution in [0.15, 0.2) is 47.3 Å². The fourth-order valence-corrected chi connectivity index (χ4v) is 6.58. The van der Waals surface area contributed by atoms with Gasteiger partial charge in [0.2, 0.25) is 0 Å². The molecule has 1 heterocycles. The van der Waals surface area contributed by atoms with Gasteiger partial charge in [0.15, 0.2) is 29.7 Å². The van der Waals surface area contributed by atoms with Gasteiger partial charge in [-0.25, -0.2) is 4.79 Å². The molecule has 2 aliphatic carbocycles. The van der Waals surface area contributed by atoms with Crippen molar-refractivity contribution in [2.45, 2.75) is 79.1 Å². The molecule has 0 aromatic heterocycles. The Hall–Kier alpha value is -3.88. The van der Waals surface area contributed by atoms with Gasteiger partial charge in [0.05, 0.1) is 13.0 Å². The van der Waals surface area contributed by atoms with Crippen LogP contribution in [0.5, 0.6) is 11.5 Å². The molecule has 0 atom stereocenters. The molecule has 0 amide bonds. The predicted octanol–water partition coefficient (Wildman–Crippen LogP) is 5.44. The Labute approximate surface area is 246 Å². The van der Waals surface area contributed by atoms with Gasteiger partial charge in [-0.1, -0.05) is 39.8 Å². The predicted molar refractivity (Wildman–Crippen MR) is 156 cm³/mol. The summed E-state index contributed by atoms with van der Waals surface area (Å²) in [6.07, 6.45) is 3.62. The van der Waals surface area contributed by atoms with Crippen LogP contribution in [0.25, 0.3) is 0 Å². The lowest BCUT2D eigenvalue weighted by molar-refractivity contribution is -0.139. The van der Waals surface area contributed by atoms with Crippen molar-refractivity contribution in [1.29, 1.82) is 0 Å². The van der Waals surface area contributed by atoms with E-state index in [-0.39, 0.29) is 47.7 Å². The van der Waals surface area contributed by atoms with Gasteiger partial charge in [0, 0.05) is 53.4 Å². The van der Waals surface area contributed by atoms with Gasteiger partial charge in [-0.2, -0.15) is 0 Å². The first-order valence-corrected chi connectivity index (χ1v) is 14.4. The zero-order valence-corrected chi connectivity index (χ0v) is 25.2. The number of Topliss-reactive ketones (excluding diaryl/α,β-unsaturated/α-hetero) is 2. The molecule has 2 N–H and O–H groups in total. The molecule has 0 saturated carbocycles. The van der Waals surface area contributed by atoms with Crippen molar-refractivity contribution in [3.63, 3.8) is 0 Å². The normalized spacial score (nSPS) is 19.8. The standard InChI is InChI=1S/C33H41NO8/c1-7-9-19-12-20(13-25(41-8-2)31(19)42-18-27(39)40)28-29-21(14-32(3,4)16-23(29)35)34(11-10-26(37)38)22-15-33(5,6)17-24(36)30(22)28/h7,12-13,28H,1,8-11,14-18H2,2-6H3,(H,37,38)(H,39,40). The number of nitrogens with zero attached hydrogens (tertiary/aromatic N) is 1. The van der Waals surface area contributed by atoms with E-state index in [4.69, 9.17) is 9.47 Å². The van der Waals surface area contributed by atoms with E-state index in [1.807, 2.05) is 45.6 Å². The zero-order valence-electron chi connectivity index (χ0n) is 25.2. The van der Waals surface area contributed by atoms with Gasteiger partial charge in [0.1, 0.15) is 0 Å². The molecule has 0 fully saturated rings. The van der Waals surface area contributed by atoms with Crippen LogP contribution in [0.4, 0.5) is 0 Å². The molecule has 0 bridgehead atoms. The second-order valence-electron chi connectivity index (χ2n) is 12.9.